The number of hydrogen-bond acceptors (Lipinski definition) is 1. The van der Waals surface area contributed by atoms with E-state index in [4.69, 9.17) is 0 Å². The molecule has 0 N–H and O–H groups in total. The molecule has 1 amide bonds. The Bertz CT molecular complexity index is 308. The van der Waals surface area contributed by atoms with Gasteiger partial charge in [-0.15, -0.1) is 0 Å². The average molecular weight is 209 g/mol. The van der Waals surface area contributed by atoms with Crippen molar-refractivity contribution < 1.29 is 4.79 Å². The lowest BCUT2D eigenvalue weighted by atomic mass is 10.1. The lowest BCUT2D eigenvalue weighted by Gasteiger charge is -2.13. The standard InChI is InChI=1S/C11H15NOS/c1-3-9-4-6-10(7-5-9)8-12(2)11(13)14/h4-7H,3,8H2,1-2H3,(H,13,14). The summed E-state index contributed by atoms with van der Waals surface area (Å²) in [5.74, 6) is 0. The fourth-order valence-corrected chi connectivity index (χ4v) is 1.29. The minimum absolute atomic E-state index is 0.204. The third-order valence-corrected chi connectivity index (χ3v) is 2.52. The maximum absolute atomic E-state index is 10.9. The van der Waals surface area contributed by atoms with E-state index < -0.39 is 0 Å². The molecule has 2 nitrogen and oxygen atoms in total. The molecule has 1 rings (SSSR count). The molecular formula is C11H15NOS. The van der Waals surface area contributed by atoms with Crippen molar-refractivity contribution in [3.63, 3.8) is 0 Å². The summed E-state index contributed by atoms with van der Waals surface area (Å²) >= 11 is 3.75. The molecule has 3 heteroatoms. The third-order valence-electron chi connectivity index (χ3n) is 2.18. The van der Waals surface area contributed by atoms with Crippen molar-refractivity contribution in [3.05, 3.63) is 35.4 Å². The highest BCUT2D eigenvalue weighted by Crippen LogP contribution is 2.08. The van der Waals surface area contributed by atoms with Gasteiger partial charge >= 0.3 is 0 Å². The second-order valence-corrected chi connectivity index (χ2v) is 3.69. The van der Waals surface area contributed by atoms with Crippen LogP contribution in [0.1, 0.15) is 18.1 Å². The summed E-state index contributed by atoms with van der Waals surface area (Å²) in [4.78, 5) is 12.4. The van der Waals surface area contributed by atoms with Gasteiger partial charge in [0.2, 0.25) is 0 Å². The van der Waals surface area contributed by atoms with Gasteiger partial charge in [0.05, 0.1) is 0 Å². The fourth-order valence-electron chi connectivity index (χ4n) is 1.22. The molecule has 0 saturated heterocycles. The van der Waals surface area contributed by atoms with Gasteiger partial charge in [-0.05, 0) is 17.5 Å². The summed E-state index contributed by atoms with van der Waals surface area (Å²) in [5, 5.41) is -0.204. The first-order valence-electron chi connectivity index (χ1n) is 4.65. The van der Waals surface area contributed by atoms with E-state index in [1.54, 1.807) is 11.9 Å². The molecule has 0 radical (unpaired) electrons. The summed E-state index contributed by atoms with van der Waals surface area (Å²) < 4.78 is 0. The van der Waals surface area contributed by atoms with Gasteiger partial charge in [-0.2, -0.15) is 0 Å². The first-order valence-corrected chi connectivity index (χ1v) is 5.10. The van der Waals surface area contributed by atoms with Crippen LogP contribution in [0.25, 0.3) is 0 Å². The van der Waals surface area contributed by atoms with E-state index in [9.17, 15) is 4.79 Å². The Morgan fingerprint density at radius 3 is 2.21 bits per heavy atom. The molecule has 0 aliphatic rings. The summed E-state index contributed by atoms with van der Waals surface area (Å²) in [6, 6.07) is 8.27. The van der Waals surface area contributed by atoms with E-state index in [1.807, 2.05) is 12.1 Å². The first kappa shape index (κ1) is 11.1. The van der Waals surface area contributed by atoms with E-state index in [1.165, 1.54) is 5.56 Å². The van der Waals surface area contributed by atoms with Crippen LogP contribution < -0.4 is 0 Å². The summed E-state index contributed by atoms with van der Waals surface area (Å²) in [7, 11) is 1.74. The molecule has 0 aliphatic heterocycles. The highest BCUT2D eigenvalue weighted by Gasteiger charge is 2.03. The minimum Gasteiger partial charge on any atom is -0.333 e. The van der Waals surface area contributed by atoms with Crippen LogP contribution in [0.15, 0.2) is 24.3 Å². The Kier molecular flexibility index (Phi) is 4.01. The number of hydrogen-bond donors (Lipinski definition) is 1. The molecule has 0 aliphatic carbocycles. The zero-order valence-corrected chi connectivity index (χ0v) is 9.42. The smallest absolute Gasteiger partial charge is 0.278 e. The van der Waals surface area contributed by atoms with Crippen LogP contribution in [-0.4, -0.2) is 17.2 Å². The van der Waals surface area contributed by atoms with Crippen molar-refractivity contribution in [3.8, 4) is 0 Å². The Morgan fingerprint density at radius 1 is 1.29 bits per heavy atom. The Balaban J connectivity index is 2.64. The predicted octanol–water partition coefficient (Wildman–Crippen LogP) is 2.73. The number of thiol groups is 1. The highest BCUT2D eigenvalue weighted by atomic mass is 32.1. The van der Waals surface area contributed by atoms with Crippen LogP contribution in [0.2, 0.25) is 0 Å². The number of aryl methyl sites for hydroxylation is 1. The van der Waals surface area contributed by atoms with Gasteiger partial charge in [0.1, 0.15) is 0 Å². The molecule has 1 aromatic carbocycles. The van der Waals surface area contributed by atoms with Crippen molar-refractivity contribution >= 4 is 17.9 Å². The van der Waals surface area contributed by atoms with Gasteiger partial charge in [-0.25, -0.2) is 0 Å². The van der Waals surface area contributed by atoms with Crippen LogP contribution in [0.4, 0.5) is 4.79 Å². The number of rotatable bonds is 3. The predicted molar refractivity (Wildman–Crippen MR) is 61.7 cm³/mol. The highest BCUT2D eigenvalue weighted by molar-refractivity contribution is 7.96. The van der Waals surface area contributed by atoms with Gasteiger partial charge < -0.3 is 4.90 Å². The molecular weight excluding hydrogens is 194 g/mol. The van der Waals surface area contributed by atoms with E-state index in [0.717, 1.165) is 12.0 Å². The SMILES string of the molecule is CCc1ccc(CN(C)C(=O)S)cc1. The van der Waals surface area contributed by atoms with Gasteiger partial charge in [-0.1, -0.05) is 43.8 Å². The molecule has 0 aromatic heterocycles. The first-order chi connectivity index (χ1) is 6.63. The van der Waals surface area contributed by atoms with E-state index in [0.29, 0.717) is 6.54 Å². The molecule has 0 spiro atoms. The Labute approximate surface area is 90.3 Å². The summed E-state index contributed by atoms with van der Waals surface area (Å²) in [6.45, 7) is 2.74. The number of benzene rings is 1. The molecule has 0 fully saturated rings. The second kappa shape index (κ2) is 5.05. The Morgan fingerprint density at radius 2 is 1.79 bits per heavy atom. The molecule has 0 saturated carbocycles. The van der Waals surface area contributed by atoms with Crippen LogP contribution in [-0.2, 0) is 13.0 Å². The quantitative estimate of drug-likeness (QED) is 0.759. The maximum Gasteiger partial charge on any atom is 0.278 e. The molecule has 76 valence electrons. The molecule has 0 atom stereocenters. The lowest BCUT2D eigenvalue weighted by Crippen LogP contribution is -2.20. The minimum atomic E-state index is -0.204. The molecule has 1 aromatic rings. The maximum atomic E-state index is 10.9. The van der Waals surface area contributed by atoms with E-state index >= 15 is 0 Å². The second-order valence-electron chi connectivity index (χ2n) is 3.31. The van der Waals surface area contributed by atoms with Crippen molar-refractivity contribution in [2.45, 2.75) is 19.9 Å². The van der Waals surface area contributed by atoms with Crippen LogP contribution >= 0.6 is 12.6 Å². The third kappa shape index (κ3) is 3.07. The van der Waals surface area contributed by atoms with Crippen LogP contribution in [0, 0.1) is 0 Å². The zero-order valence-electron chi connectivity index (χ0n) is 8.53. The van der Waals surface area contributed by atoms with Crippen molar-refractivity contribution in [1.29, 1.82) is 0 Å². The van der Waals surface area contributed by atoms with Gasteiger partial charge in [0.25, 0.3) is 5.24 Å². The Hall–Kier alpha value is -0.960. The molecule has 0 bridgehead atoms. The lowest BCUT2D eigenvalue weighted by molar-refractivity contribution is 0.232. The van der Waals surface area contributed by atoms with Crippen molar-refractivity contribution in [2.75, 3.05) is 7.05 Å². The monoisotopic (exact) mass is 209 g/mol. The average Bonchev–Trinajstić information content (AvgIpc) is 2.19. The fraction of sp³-hybridized carbons (Fsp3) is 0.364. The number of nitrogens with zero attached hydrogens (tertiary/aromatic N) is 1. The molecule has 14 heavy (non-hydrogen) atoms. The summed E-state index contributed by atoms with van der Waals surface area (Å²) in [6.07, 6.45) is 1.04. The molecule has 0 heterocycles. The molecule has 0 unspecified atom stereocenters. The zero-order chi connectivity index (χ0) is 10.6. The normalized spacial score (nSPS) is 9.93. The summed E-state index contributed by atoms with van der Waals surface area (Å²) in [5.41, 5.74) is 2.45. The number of amides is 1. The van der Waals surface area contributed by atoms with Crippen molar-refractivity contribution in [1.82, 2.24) is 4.90 Å². The topological polar surface area (TPSA) is 20.3 Å². The van der Waals surface area contributed by atoms with Crippen LogP contribution in [0.5, 0.6) is 0 Å². The van der Waals surface area contributed by atoms with Gasteiger partial charge in [-0.3, -0.25) is 4.79 Å². The number of carbonyl (C=O) groups excluding carboxylic acids is 1. The van der Waals surface area contributed by atoms with Gasteiger partial charge in [0.15, 0.2) is 0 Å². The largest absolute Gasteiger partial charge is 0.333 e. The van der Waals surface area contributed by atoms with E-state index in [2.05, 4.69) is 31.7 Å². The van der Waals surface area contributed by atoms with E-state index in [-0.39, 0.29) is 5.24 Å². The van der Waals surface area contributed by atoms with Crippen LogP contribution in [0.3, 0.4) is 0 Å². The van der Waals surface area contributed by atoms with Gasteiger partial charge in [0, 0.05) is 13.6 Å². The van der Waals surface area contributed by atoms with Crippen molar-refractivity contribution in [2.24, 2.45) is 0 Å². The number of carbonyl (C=O) groups is 1.